The molecule has 9 heteroatoms. The molecule has 2 aromatic carbocycles. The van der Waals surface area contributed by atoms with Gasteiger partial charge in [0.05, 0.1) is 25.1 Å². The van der Waals surface area contributed by atoms with Gasteiger partial charge in [0, 0.05) is 15.6 Å². The van der Waals surface area contributed by atoms with Crippen molar-refractivity contribution < 1.29 is 17.9 Å². The highest BCUT2D eigenvalue weighted by Crippen LogP contribution is 2.30. The van der Waals surface area contributed by atoms with Gasteiger partial charge in [-0.25, -0.2) is 8.42 Å². The molecule has 29 heavy (non-hydrogen) atoms. The molecule has 0 saturated carbocycles. The molecule has 158 valence electrons. The Bertz CT molecular complexity index is 962. The van der Waals surface area contributed by atoms with Crippen molar-refractivity contribution in [2.45, 2.75) is 32.4 Å². The average molecular weight is 459 g/mol. The maximum atomic E-state index is 13.1. The maximum Gasteiger partial charge on any atom is 0.244 e. The first-order valence-corrected chi connectivity index (χ1v) is 11.6. The summed E-state index contributed by atoms with van der Waals surface area (Å²) in [5, 5.41) is 3.44. The number of hydrogen-bond donors (Lipinski definition) is 1. The van der Waals surface area contributed by atoms with Gasteiger partial charge in [-0.05, 0) is 37.6 Å². The van der Waals surface area contributed by atoms with E-state index in [2.05, 4.69) is 5.32 Å². The van der Waals surface area contributed by atoms with Crippen LogP contribution in [0.4, 0.5) is 5.69 Å². The number of rotatable bonds is 8. The highest BCUT2D eigenvalue weighted by molar-refractivity contribution is 7.92. The molecule has 0 radical (unpaired) electrons. The number of para-hydroxylation sites is 1. The first-order valence-electron chi connectivity index (χ1n) is 8.97. The number of sulfonamides is 1. The lowest BCUT2D eigenvalue weighted by atomic mass is 10.1. The number of amides is 1. The Balaban J connectivity index is 2.38. The van der Waals surface area contributed by atoms with Crippen LogP contribution in [-0.2, 0) is 14.8 Å². The van der Waals surface area contributed by atoms with E-state index in [1.54, 1.807) is 20.1 Å². The quantitative estimate of drug-likeness (QED) is 0.634. The van der Waals surface area contributed by atoms with E-state index in [1.807, 2.05) is 25.1 Å². The smallest absolute Gasteiger partial charge is 0.244 e. The summed E-state index contributed by atoms with van der Waals surface area (Å²) in [6, 6.07) is 10.4. The SMILES string of the molecule is CCC(C(=O)NC(C)c1ccccc1OC)N(c1cc(Cl)cc(Cl)c1)S(C)(=O)=O. The monoisotopic (exact) mass is 458 g/mol. The normalized spacial score (nSPS) is 13.4. The zero-order valence-corrected chi connectivity index (χ0v) is 19.0. The Kier molecular flexibility index (Phi) is 7.80. The molecule has 2 aromatic rings. The highest BCUT2D eigenvalue weighted by Gasteiger charge is 2.32. The largest absolute Gasteiger partial charge is 0.496 e. The van der Waals surface area contributed by atoms with Crippen LogP contribution in [0, 0.1) is 0 Å². The summed E-state index contributed by atoms with van der Waals surface area (Å²) in [7, 11) is -2.24. The van der Waals surface area contributed by atoms with E-state index in [1.165, 1.54) is 18.2 Å². The molecule has 0 aliphatic carbocycles. The lowest BCUT2D eigenvalue weighted by molar-refractivity contribution is -0.122. The minimum Gasteiger partial charge on any atom is -0.496 e. The van der Waals surface area contributed by atoms with E-state index in [-0.39, 0.29) is 22.2 Å². The second-order valence-electron chi connectivity index (χ2n) is 6.58. The van der Waals surface area contributed by atoms with Crippen molar-refractivity contribution in [1.29, 1.82) is 0 Å². The molecule has 2 rings (SSSR count). The molecular formula is C20H24Cl2N2O4S. The molecule has 2 atom stereocenters. The fraction of sp³-hybridized carbons (Fsp3) is 0.350. The van der Waals surface area contributed by atoms with Crippen LogP contribution in [-0.4, -0.2) is 33.7 Å². The Morgan fingerprint density at radius 3 is 2.28 bits per heavy atom. The van der Waals surface area contributed by atoms with Crippen molar-refractivity contribution in [2.24, 2.45) is 0 Å². The minimum absolute atomic E-state index is 0.233. The standard InChI is InChI=1S/C20H24Cl2N2O4S/c1-5-18(20(25)23-13(2)17-8-6-7-9-19(17)28-3)24(29(4,26)27)16-11-14(21)10-15(22)12-16/h6-13,18H,5H2,1-4H3,(H,23,25). The van der Waals surface area contributed by atoms with Crippen molar-refractivity contribution in [3.05, 3.63) is 58.1 Å². The number of halogens is 2. The van der Waals surface area contributed by atoms with Crippen LogP contribution in [0.1, 0.15) is 31.9 Å². The second kappa shape index (κ2) is 9.69. The number of anilines is 1. The molecular weight excluding hydrogens is 435 g/mol. The van der Waals surface area contributed by atoms with Crippen molar-refractivity contribution in [3.8, 4) is 5.75 Å². The Labute approximate surface area is 181 Å². The van der Waals surface area contributed by atoms with E-state index >= 15 is 0 Å². The number of methoxy groups -OCH3 is 1. The molecule has 1 amide bonds. The summed E-state index contributed by atoms with van der Waals surface area (Å²) in [6.07, 6.45) is 1.29. The van der Waals surface area contributed by atoms with Crippen LogP contribution in [0.2, 0.25) is 10.0 Å². The Hall–Kier alpha value is -1.96. The zero-order chi connectivity index (χ0) is 21.8. The lowest BCUT2D eigenvalue weighted by Gasteiger charge is -2.31. The van der Waals surface area contributed by atoms with Gasteiger partial charge in [0.2, 0.25) is 15.9 Å². The van der Waals surface area contributed by atoms with Crippen LogP contribution in [0.15, 0.2) is 42.5 Å². The van der Waals surface area contributed by atoms with Crippen molar-refractivity contribution in [3.63, 3.8) is 0 Å². The van der Waals surface area contributed by atoms with E-state index in [0.29, 0.717) is 5.75 Å². The summed E-state index contributed by atoms with van der Waals surface area (Å²) in [5.41, 5.74) is 1.02. The van der Waals surface area contributed by atoms with Crippen LogP contribution in [0.5, 0.6) is 5.75 Å². The van der Waals surface area contributed by atoms with Crippen molar-refractivity contribution in [1.82, 2.24) is 5.32 Å². The first-order chi connectivity index (χ1) is 13.6. The van der Waals surface area contributed by atoms with E-state index < -0.39 is 28.0 Å². The van der Waals surface area contributed by atoms with E-state index in [0.717, 1.165) is 16.1 Å². The zero-order valence-electron chi connectivity index (χ0n) is 16.6. The number of carbonyl (C=O) groups is 1. The maximum absolute atomic E-state index is 13.1. The molecule has 0 heterocycles. The van der Waals surface area contributed by atoms with Gasteiger partial charge >= 0.3 is 0 Å². The molecule has 0 aliphatic heterocycles. The number of carbonyl (C=O) groups excluding carboxylic acids is 1. The topological polar surface area (TPSA) is 75.7 Å². The molecule has 0 aromatic heterocycles. The number of ether oxygens (including phenoxy) is 1. The van der Waals surface area contributed by atoms with E-state index in [4.69, 9.17) is 27.9 Å². The van der Waals surface area contributed by atoms with E-state index in [9.17, 15) is 13.2 Å². The van der Waals surface area contributed by atoms with Crippen LogP contribution >= 0.6 is 23.2 Å². The van der Waals surface area contributed by atoms with Crippen molar-refractivity contribution in [2.75, 3.05) is 17.7 Å². The number of hydrogen-bond acceptors (Lipinski definition) is 4. The number of benzene rings is 2. The average Bonchev–Trinajstić information content (AvgIpc) is 2.63. The minimum atomic E-state index is -3.79. The first kappa shape index (κ1) is 23.3. The highest BCUT2D eigenvalue weighted by atomic mass is 35.5. The van der Waals surface area contributed by atoms with Gasteiger partial charge in [-0.15, -0.1) is 0 Å². The van der Waals surface area contributed by atoms with Crippen LogP contribution < -0.4 is 14.4 Å². The molecule has 0 bridgehead atoms. The number of nitrogens with one attached hydrogen (secondary N) is 1. The summed E-state index contributed by atoms with van der Waals surface area (Å²) in [5.74, 6) is 0.197. The fourth-order valence-electron chi connectivity index (χ4n) is 3.14. The molecule has 0 aliphatic rings. The molecule has 6 nitrogen and oxygen atoms in total. The third kappa shape index (κ3) is 5.78. The summed E-state index contributed by atoms with van der Waals surface area (Å²) >= 11 is 12.1. The van der Waals surface area contributed by atoms with Gasteiger partial charge in [-0.2, -0.15) is 0 Å². The molecule has 2 unspecified atom stereocenters. The van der Waals surface area contributed by atoms with Gasteiger partial charge in [0.25, 0.3) is 0 Å². The predicted octanol–water partition coefficient (Wildman–Crippen LogP) is 4.42. The second-order valence-corrected chi connectivity index (χ2v) is 9.32. The lowest BCUT2D eigenvalue weighted by Crippen LogP contribution is -2.49. The summed E-state index contributed by atoms with van der Waals surface area (Å²) in [4.78, 5) is 13.1. The fourth-order valence-corrected chi connectivity index (χ4v) is 4.85. The Morgan fingerprint density at radius 1 is 1.17 bits per heavy atom. The summed E-state index contributed by atoms with van der Waals surface area (Å²) in [6.45, 7) is 3.55. The third-order valence-electron chi connectivity index (χ3n) is 4.40. The molecule has 1 N–H and O–H groups in total. The predicted molar refractivity (Wildman–Crippen MR) is 117 cm³/mol. The third-order valence-corrected chi connectivity index (χ3v) is 6.01. The Morgan fingerprint density at radius 2 is 1.76 bits per heavy atom. The molecule has 0 fully saturated rings. The van der Waals surface area contributed by atoms with Gasteiger partial charge in [0.15, 0.2) is 0 Å². The van der Waals surface area contributed by atoms with Crippen LogP contribution in [0.25, 0.3) is 0 Å². The summed E-state index contributed by atoms with van der Waals surface area (Å²) < 4.78 is 31.5. The van der Waals surface area contributed by atoms with Gasteiger partial charge in [0.1, 0.15) is 11.8 Å². The van der Waals surface area contributed by atoms with Crippen LogP contribution in [0.3, 0.4) is 0 Å². The number of nitrogens with zero attached hydrogens (tertiary/aromatic N) is 1. The molecule has 0 saturated heterocycles. The van der Waals surface area contributed by atoms with Crippen molar-refractivity contribution >= 4 is 44.8 Å². The van der Waals surface area contributed by atoms with Gasteiger partial charge < -0.3 is 10.1 Å². The molecule has 0 spiro atoms. The van der Waals surface area contributed by atoms with Gasteiger partial charge in [-0.1, -0.05) is 48.3 Å². The van der Waals surface area contributed by atoms with Gasteiger partial charge in [-0.3, -0.25) is 9.10 Å².